The Balaban J connectivity index is 1.48. The summed E-state index contributed by atoms with van der Waals surface area (Å²) in [5.74, 6) is 1.36. The number of nitrogens with zero attached hydrogens (tertiary/aromatic N) is 3. The molecule has 0 saturated carbocycles. The van der Waals surface area contributed by atoms with Gasteiger partial charge in [0.2, 0.25) is 5.91 Å². The molecule has 4 rings (SSSR count). The van der Waals surface area contributed by atoms with E-state index in [1.54, 1.807) is 14.2 Å². The standard InChI is InChI=1S/C25H24N4O5S2/c1-29-22(16-6-5-7-18(12-16)33-3)27-28-25(29)36-14-20(30)26-23-21(24(31)34-4)19(13-35-23)15-8-10-17(32-2)11-9-15/h5-13H,14H2,1-4H3,(H,26,30). The Bertz CT molecular complexity index is 1380. The molecule has 1 N–H and O–H groups in total. The molecule has 0 saturated heterocycles. The van der Waals surface area contributed by atoms with Gasteiger partial charge in [-0.05, 0) is 29.8 Å². The van der Waals surface area contributed by atoms with Crippen LogP contribution >= 0.6 is 23.1 Å². The number of aromatic nitrogens is 3. The van der Waals surface area contributed by atoms with Crippen molar-refractivity contribution >= 4 is 40.0 Å². The van der Waals surface area contributed by atoms with Crippen molar-refractivity contribution in [3.8, 4) is 34.0 Å². The van der Waals surface area contributed by atoms with Crippen molar-refractivity contribution in [2.75, 3.05) is 32.4 Å². The maximum atomic E-state index is 12.8. The predicted octanol–water partition coefficient (Wildman–Crippen LogP) is 4.75. The Morgan fingerprint density at radius 2 is 1.75 bits per heavy atom. The second kappa shape index (κ2) is 11.3. The summed E-state index contributed by atoms with van der Waals surface area (Å²) in [4.78, 5) is 25.4. The molecule has 0 aliphatic rings. The molecular formula is C25H24N4O5S2. The van der Waals surface area contributed by atoms with Gasteiger partial charge in [-0.2, -0.15) is 0 Å². The average Bonchev–Trinajstić information content (AvgIpc) is 3.50. The smallest absolute Gasteiger partial charge is 0.341 e. The van der Waals surface area contributed by atoms with E-state index in [2.05, 4.69) is 15.5 Å². The normalized spacial score (nSPS) is 10.7. The van der Waals surface area contributed by atoms with Crippen LogP contribution in [0.5, 0.6) is 11.5 Å². The Kier molecular flexibility index (Phi) is 7.91. The lowest BCUT2D eigenvalue weighted by Crippen LogP contribution is -2.16. The zero-order chi connectivity index (χ0) is 25.7. The molecule has 4 aromatic rings. The first-order valence-corrected chi connectivity index (χ1v) is 12.6. The fourth-order valence-electron chi connectivity index (χ4n) is 3.48. The van der Waals surface area contributed by atoms with Gasteiger partial charge in [0.15, 0.2) is 11.0 Å². The van der Waals surface area contributed by atoms with Gasteiger partial charge in [-0.3, -0.25) is 4.79 Å². The minimum absolute atomic E-state index is 0.0838. The quantitative estimate of drug-likeness (QED) is 0.247. The molecule has 0 unspecified atom stereocenters. The molecular weight excluding hydrogens is 500 g/mol. The maximum Gasteiger partial charge on any atom is 0.341 e. The Labute approximate surface area is 216 Å². The lowest BCUT2D eigenvalue weighted by atomic mass is 10.0. The van der Waals surface area contributed by atoms with Crippen molar-refractivity contribution in [3.05, 3.63) is 59.5 Å². The molecule has 2 aromatic carbocycles. The average molecular weight is 525 g/mol. The number of carbonyl (C=O) groups excluding carboxylic acids is 2. The Morgan fingerprint density at radius 1 is 1.00 bits per heavy atom. The molecule has 11 heteroatoms. The van der Waals surface area contributed by atoms with Crippen molar-refractivity contribution in [2.24, 2.45) is 7.05 Å². The van der Waals surface area contributed by atoms with Gasteiger partial charge in [-0.15, -0.1) is 21.5 Å². The Hall–Kier alpha value is -3.83. The number of benzene rings is 2. The minimum atomic E-state index is -0.527. The van der Waals surface area contributed by atoms with Gasteiger partial charge in [0.1, 0.15) is 22.1 Å². The van der Waals surface area contributed by atoms with Crippen molar-refractivity contribution in [1.82, 2.24) is 14.8 Å². The van der Waals surface area contributed by atoms with E-state index in [0.29, 0.717) is 32.9 Å². The molecule has 36 heavy (non-hydrogen) atoms. The molecule has 0 aliphatic carbocycles. The van der Waals surface area contributed by atoms with Crippen LogP contribution in [0.4, 0.5) is 5.00 Å². The van der Waals surface area contributed by atoms with Crippen LogP contribution in [0.3, 0.4) is 0 Å². The number of ether oxygens (including phenoxy) is 3. The van der Waals surface area contributed by atoms with Crippen LogP contribution in [0.15, 0.2) is 59.1 Å². The first-order chi connectivity index (χ1) is 17.4. The van der Waals surface area contributed by atoms with Crippen LogP contribution in [-0.2, 0) is 16.6 Å². The lowest BCUT2D eigenvalue weighted by Gasteiger charge is -2.08. The first-order valence-electron chi connectivity index (χ1n) is 10.8. The number of methoxy groups -OCH3 is 3. The second-order valence-electron chi connectivity index (χ2n) is 7.51. The Morgan fingerprint density at radius 3 is 2.44 bits per heavy atom. The minimum Gasteiger partial charge on any atom is -0.497 e. The summed E-state index contributed by atoms with van der Waals surface area (Å²) in [6.45, 7) is 0. The molecule has 2 aromatic heterocycles. The van der Waals surface area contributed by atoms with Crippen LogP contribution in [0.1, 0.15) is 10.4 Å². The van der Waals surface area contributed by atoms with Gasteiger partial charge in [0.05, 0.1) is 27.1 Å². The number of hydrogen-bond donors (Lipinski definition) is 1. The van der Waals surface area contributed by atoms with Crippen LogP contribution in [0, 0.1) is 0 Å². The highest BCUT2D eigenvalue weighted by atomic mass is 32.2. The van der Waals surface area contributed by atoms with Crippen LogP contribution in [-0.4, -0.2) is 53.7 Å². The number of hydrogen-bond acceptors (Lipinski definition) is 9. The van der Waals surface area contributed by atoms with E-state index >= 15 is 0 Å². The van der Waals surface area contributed by atoms with E-state index in [1.165, 1.54) is 30.2 Å². The fraction of sp³-hybridized carbons (Fsp3) is 0.200. The maximum absolute atomic E-state index is 12.8. The zero-order valence-corrected chi connectivity index (χ0v) is 21.7. The van der Waals surface area contributed by atoms with E-state index in [9.17, 15) is 9.59 Å². The van der Waals surface area contributed by atoms with Gasteiger partial charge < -0.3 is 24.1 Å². The molecule has 0 atom stereocenters. The molecule has 0 aliphatic heterocycles. The molecule has 0 bridgehead atoms. The summed E-state index contributed by atoms with van der Waals surface area (Å²) >= 11 is 2.51. The summed E-state index contributed by atoms with van der Waals surface area (Å²) in [5.41, 5.74) is 2.65. The van der Waals surface area contributed by atoms with E-state index in [0.717, 1.165) is 16.9 Å². The molecule has 2 heterocycles. The van der Waals surface area contributed by atoms with Gasteiger partial charge in [-0.25, -0.2) is 4.79 Å². The number of thiophene rings is 1. The highest BCUT2D eigenvalue weighted by molar-refractivity contribution is 7.99. The van der Waals surface area contributed by atoms with Crippen molar-refractivity contribution in [1.29, 1.82) is 0 Å². The lowest BCUT2D eigenvalue weighted by molar-refractivity contribution is -0.113. The number of thioether (sulfide) groups is 1. The predicted molar refractivity (Wildman–Crippen MR) is 140 cm³/mol. The SMILES string of the molecule is COC(=O)c1c(-c2ccc(OC)cc2)csc1NC(=O)CSc1nnc(-c2cccc(OC)c2)n1C. The highest BCUT2D eigenvalue weighted by Gasteiger charge is 2.23. The number of rotatable bonds is 9. The van der Waals surface area contributed by atoms with E-state index in [4.69, 9.17) is 14.2 Å². The summed E-state index contributed by atoms with van der Waals surface area (Å²) in [5, 5.41) is 14.1. The van der Waals surface area contributed by atoms with E-state index < -0.39 is 5.97 Å². The molecule has 0 fully saturated rings. The molecule has 0 spiro atoms. The van der Waals surface area contributed by atoms with Crippen LogP contribution in [0.25, 0.3) is 22.5 Å². The molecule has 9 nitrogen and oxygen atoms in total. The van der Waals surface area contributed by atoms with Gasteiger partial charge in [0, 0.05) is 23.6 Å². The van der Waals surface area contributed by atoms with E-state index in [1.807, 2.05) is 65.5 Å². The third-order valence-electron chi connectivity index (χ3n) is 5.33. The zero-order valence-electron chi connectivity index (χ0n) is 20.1. The molecule has 186 valence electrons. The number of esters is 1. The number of anilines is 1. The van der Waals surface area contributed by atoms with Gasteiger partial charge in [0.25, 0.3) is 0 Å². The summed E-state index contributed by atoms with van der Waals surface area (Å²) < 4.78 is 17.3. The first kappa shape index (κ1) is 25.3. The van der Waals surface area contributed by atoms with E-state index in [-0.39, 0.29) is 11.7 Å². The number of amides is 1. The molecule has 1 amide bonds. The van der Waals surface area contributed by atoms with Crippen molar-refractivity contribution in [3.63, 3.8) is 0 Å². The van der Waals surface area contributed by atoms with Crippen LogP contribution in [0.2, 0.25) is 0 Å². The van der Waals surface area contributed by atoms with Crippen molar-refractivity contribution < 1.29 is 23.8 Å². The van der Waals surface area contributed by atoms with Gasteiger partial charge >= 0.3 is 5.97 Å². The fourth-order valence-corrected chi connectivity index (χ4v) is 5.17. The molecule has 0 radical (unpaired) electrons. The third-order valence-corrected chi connectivity index (χ3v) is 7.25. The third kappa shape index (κ3) is 5.37. The number of nitrogens with one attached hydrogen (secondary N) is 1. The van der Waals surface area contributed by atoms with Crippen LogP contribution < -0.4 is 14.8 Å². The monoisotopic (exact) mass is 524 g/mol. The summed E-state index contributed by atoms with van der Waals surface area (Å²) in [7, 11) is 6.35. The van der Waals surface area contributed by atoms with Gasteiger partial charge in [-0.1, -0.05) is 36.0 Å². The summed E-state index contributed by atoms with van der Waals surface area (Å²) in [6.07, 6.45) is 0. The topological polar surface area (TPSA) is 105 Å². The highest BCUT2D eigenvalue weighted by Crippen LogP contribution is 2.37. The number of carbonyl (C=O) groups is 2. The van der Waals surface area contributed by atoms with Crippen molar-refractivity contribution in [2.45, 2.75) is 5.16 Å². The largest absolute Gasteiger partial charge is 0.497 e. The summed E-state index contributed by atoms with van der Waals surface area (Å²) in [6, 6.07) is 14.8. The second-order valence-corrected chi connectivity index (χ2v) is 9.33.